The largest absolute Gasteiger partial charge is 0.379 e. The highest BCUT2D eigenvalue weighted by molar-refractivity contribution is 6.23. The Hall–Kier alpha value is -2.78. The molecular formula is C20H26N4O5. The first kappa shape index (κ1) is 20.9. The van der Waals surface area contributed by atoms with E-state index in [9.17, 15) is 19.2 Å². The fraction of sp³-hybridized carbons (Fsp3) is 0.500. The number of carbonyl (C=O) groups excluding carboxylic acids is 4. The molecule has 0 spiro atoms. The fourth-order valence-electron chi connectivity index (χ4n) is 3.63. The number of nitrogens with zero attached hydrogens (tertiary/aromatic N) is 3. The van der Waals surface area contributed by atoms with Gasteiger partial charge >= 0.3 is 0 Å². The summed E-state index contributed by atoms with van der Waals surface area (Å²) in [6.07, 6.45) is -0.0328. The van der Waals surface area contributed by atoms with Crippen molar-refractivity contribution in [1.82, 2.24) is 9.80 Å². The molecule has 156 valence electrons. The average molecular weight is 402 g/mol. The van der Waals surface area contributed by atoms with Crippen LogP contribution in [0.3, 0.4) is 0 Å². The minimum atomic E-state index is -0.795. The van der Waals surface area contributed by atoms with E-state index in [1.165, 1.54) is 18.7 Å². The zero-order chi connectivity index (χ0) is 21.0. The van der Waals surface area contributed by atoms with Crippen LogP contribution >= 0.6 is 0 Å². The number of morpholine rings is 1. The van der Waals surface area contributed by atoms with Crippen LogP contribution in [0.25, 0.3) is 0 Å². The number of hydrogen-bond donors (Lipinski definition) is 1. The van der Waals surface area contributed by atoms with Gasteiger partial charge in [-0.05, 0) is 24.3 Å². The van der Waals surface area contributed by atoms with Crippen molar-refractivity contribution in [2.24, 2.45) is 0 Å². The zero-order valence-corrected chi connectivity index (χ0v) is 16.7. The second-order valence-electron chi connectivity index (χ2n) is 7.18. The normalized spacial score (nSPS) is 20.1. The monoisotopic (exact) mass is 402 g/mol. The van der Waals surface area contributed by atoms with E-state index in [4.69, 9.17) is 4.74 Å². The van der Waals surface area contributed by atoms with E-state index in [0.717, 1.165) is 18.0 Å². The van der Waals surface area contributed by atoms with Crippen LogP contribution in [0, 0.1) is 0 Å². The van der Waals surface area contributed by atoms with E-state index in [-0.39, 0.29) is 24.1 Å². The molecule has 1 atom stereocenters. The third-order valence-electron chi connectivity index (χ3n) is 5.11. The SMILES string of the molecule is CC(=O)Nc1ccc(N2C(=O)CC(N(CCN3CCOCC3)C(C)=O)C2=O)cc1. The summed E-state index contributed by atoms with van der Waals surface area (Å²) in [4.78, 5) is 53.7. The van der Waals surface area contributed by atoms with Crippen molar-refractivity contribution in [3.8, 4) is 0 Å². The number of nitrogens with one attached hydrogen (secondary N) is 1. The minimum absolute atomic E-state index is 0.0328. The van der Waals surface area contributed by atoms with Crippen LogP contribution in [-0.2, 0) is 23.9 Å². The summed E-state index contributed by atoms with van der Waals surface area (Å²) in [5.41, 5.74) is 1.00. The van der Waals surface area contributed by atoms with Gasteiger partial charge in [0.25, 0.3) is 5.91 Å². The molecule has 4 amide bonds. The highest BCUT2D eigenvalue weighted by Gasteiger charge is 2.43. The van der Waals surface area contributed by atoms with Crippen molar-refractivity contribution in [3.63, 3.8) is 0 Å². The van der Waals surface area contributed by atoms with Gasteiger partial charge < -0.3 is 15.0 Å². The number of ether oxygens (including phenoxy) is 1. The first-order chi connectivity index (χ1) is 13.9. The molecule has 0 radical (unpaired) electrons. The molecular weight excluding hydrogens is 376 g/mol. The van der Waals surface area contributed by atoms with E-state index in [2.05, 4.69) is 10.2 Å². The van der Waals surface area contributed by atoms with Gasteiger partial charge in [-0.1, -0.05) is 0 Å². The Labute approximate surface area is 169 Å². The second kappa shape index (κ2) is 9.15. The Morgan fingerprint density at radius 3 is 2.38 bits per heavy atom. The summed E-state index contributed by atoms with van der Waals surface area (Å²) < 4.78 is 5.33. The van der Waals surface area contributed by atoms with E-state index >= 15 is 0 Å². The van der Waals surface area contributed by atoms with Gasteiger partial charge in [-0.25, -0.2) is 4.90 Å². The van der Waals surface area contributed by atoms with Crippen LogP contribution in [0.5, 0.6) is 0 Å². The van der Waals surface area contributed by atoms with Crippen LogP contribution in [-0.4, -0.2) is 78.9 Å². The highest BCUT2D eigenvalue weighted by Crippen LogP contribution is 2.27. The summed E-state index contributed by atoms with van der Waals surface area (Å²) in [5.74, 6) is -1.18. The summed E-state index contributed by atoms with van der Waals surface area (Å²) in [5, 5.41) is 2.64. The average Bonchev–Trinajstić information content (AvgIpc) is 2.97. The molecule has 2 fully saturated rings. The molecule has 0 saturated carbocycles. The highest BCUT2D eigenvalue weighted by atomic mass is 16.5. The smallest absolute Gasteiger partial charge is 0.257 e. The Kier molecular flexibility index (Phi) is 6.60. The Morgan fingerprint density at radius 1 is 1.14 bits per heavy atom. The lowest BCUT2D eigenvalue weighted by atomic mass is 10.2. The lowest BCUT2D eigenvalue weighted by molar-refractivity contribution is -0.136. The maximum Gasteiger partial charge on any atom is 0.257 e. The van der Waals surface area contributed by atoms with Crippen molar-refractivity contribution in [2.45, 2.75) is 26.3 Å². The van der Waals surface area contributed by atoms with Crippen LogP contribution in [0.4, 0.5) is 11.4 Å². The Bertz CT molecular complexity index is 789. The molecule has 3 rings (SSSR count). The lowest BCUT2D eigenvalue weighted by Crippen LogP contribution is -2.49. The maximum absolute atomic E-state index is 13.0. The number of anilines is 2. The third-order valence-corrected chi connectivity index (χ3v) is 5.11. The predicted molar refractivity (Wildman–Crippen MR) is 106 cm³/mol. The van der Waals surface area contributed by atoms with E-state index in [1.54, 1.807) is 24.3 Å². The van der Waals surface area contributed by atoms with E-state index in [0.29, 0.717) is 37.7 Å². The van der Waals surface area contributed by atoms with Gasteiger partial charge in [0.05, 0.1) is 25.3 Å². The number of imide groups is 1. The maximum atomic E-state index is 13.0. The molecule has 2 aliphatic heterocycles. The predicted octanol–water partition coefficient (Wildman–Crippen LogP) is 0.458. The standard InChI is InChI=1S/C20H26N4O5/c1-14(25)21-16-3-5-17(6-4-16)24-19(27)13-18(20(24)28)23(15(2)26)8-7-22-9-11-29-12-10-22/h3-6,18H,7-13H2,1-2H3,(H,21,25). The first-order valence-electron chi connectivity index (χ1n) is 9.68. The van der Waals surface area contributed by atoms with Crippen molar-refractivity contribution in [2.75, 3.05) is 49.6 Å². The molecule has 2 aliphatic rings. The summed E-state index contributed by atoms with van der Waals surface area (Å²) in [7, 11) is 0. The van der Waals surface area contributed by atoms with E-state index in [1.807, 2.05) is 0 Å². The van der Waals surface area contributed by atoms with Crippen molar-refractivity contribution < 1.29 is 23.9 Å². The third kappa shape index (κ3) is 4.99. The number of benzene rings is 1. The summed E-state index contributed by atoms with van der Waals surface area (Å²) >= 11 is 0. The lowest BCUT2D eigenvalue weighted by Gasteiger charge is -2.31. The molecule has 9 nitrogen and oxygen atoms in total. The number of hydrogen-bond acceptors (Lipinski definition) is 6. The van der Waals surface area contributed by atoms with Gasteiger partial charge in [-0.3, -0.25) is 24.1 Å². The molecule has 1 unspecified atom stereocenters. The number of carbonyl (C=O) groups is 4. The first-order valence-corrected chi connectivity index (χ1v) is 9.68. The molecule has 0 aliphatic carbocycles. The minimum Gasteiger partial charge on any atom is -0.379 e. The van der Waals surface area contributed by atoms with Gasteiger partial charge in [0.15, 0.2) is 0 Å². The molecule has 0 aromatic heterocycles. The number of rotatable bonds is 6. The Balaban J connectivity index is 1.69. The molecule has 2 heterocycles. The molecule has 0 bridgehead atoms. The summed E-state index contributed by atoms with van der Waals surface area (Å²) in [6.45, 7) is 6.72. The van der Waals surface area contributed by atoms with Gasteiger partial charge in [-0.15, -0.1) is 0 Å². The Morgan fingerprint density at radius 2 is 1.79 bits per heavy atom. The van der Waals surface area contributed by atoms with Gasteiger partial charge in [0, 0.05) is 45.7 Å². The van der Waals surface area contributed by atoms with Gasteiger partial charge in [0.1, 0.15) is 6.04 Å². The summed E-state index contributed by atoms with van der Waals surface area (Å²) in [6, 6.07) is 5.68. The van der Waals surface area contributed by atoms with Crippen LogP contribution in [0.2, 0.25) is 0 Å². The topological polar surface area (TPSA) is 99.3 Å². The zero-order valence-electron chi connectivity index (χ0n) is 16.7. The molecule has 2 saturated heterocycles. The molecule has 1 aromatic rings. The van der Waals surface area contributed by atoms with Crippen LogP contribution in [0.1, 0.15) is 20.3 Å². The van der Waals surface area contributed by atoms with Crippen molar-refractivity contribution in [1.29, 1.82) is 0 Å². The molecule has 9 heteroatoms. The van der Waals surface area contributed by atoms with Gasteiger partial charge in [0.2, 0.25) is 17.7 Å². The van der Waals surface area contributed by atoms with Gasteiger partial charge in [-0.2, -0.15) is 0 Å². The fourth-order valence-corrected chi connectivity index (χ4v) is 3.63. The van der Waals surface area contributed by atoms with Crippen LogP contribution in [0.15, 0.2) is 24.3 Å². The number of amides is 4. The molecule has 1 N–H and O–H groups in total. The molecule has 1 aromatic carbocycles. The van der Waals surface area contributed by atoms with Crippen LogP contribution < -0.4 is 10.2 Å². The van der Waals surface area contributed by atoms with E-state index < -0.39 is 11.9 Å². The quantitative estimate of drug-likeness (QED) is 0.694. The van der Waals surface area contributed by atoms with Crippen molar-refractivity contribution >= 4 is 35.0 Å². The molecule has 29 heavy (non-hydrogen) atoms. The second-order valence-corrected chi connectivity index (χ2v) is 7.18. The van der Waals surface area contributed by atoms with Crippen molar-refractivity contribution in [3.05, 3.63) is 24.3 Å².